The second-order valence-electron chi connectivity index (χ2n) is 6.81. The Morgan fingerprint density at radius 1 is 1.07 bits per heavy atom. The molecule has 3 heterocycles. The van der Waals surface area contributed by atoms with E-state index in [4.69, 9.17) is 4.42 Å². The first-order valence-electron chi connectivity index (χ1n) is 9.03. The van der Waals surface area contributed by atoms with Gasteiger partial charge in [-0.25, -0.2) is 0 Å². The summed E-state index contributed by atoms with van der Waals surface area (Å²) in [5, 5.41) is 7.20. The van der Waals surface area contributed by atoms with Gasteiger partial charge in [-0.2, -0.15) is 5.10 Å². The van der Waals surface area contributed by atoms with Crippen molar-refractivity contribution in [3.63, 3.8) is 0 Å². The Balaban J connectivity index is 1.43. The lowest BCUT2D eigenvalue weighted by Crippen LogP contribution is -2.44. The molecule has 27 heavy (non-hydrogen) atoms. The average Bonchev–Trinajstić information content (AvgIpc) is 3.32. The summed E-state index contributed by atoms with van der Waals surface area (Å²) in [6.45, 7) is 4.17. The van der Waals surface area contributed by atoms with E-state index in [9.17, 15) is 4.79 Å². The number of hydrogen-bond donors (Lipinski definition) is 1. The van der Waals surface area contributed by atoms with Crippen LogP contribution in [0.15, 0.2) is 53.1 Å². The summed E-state index contributed by atoms with van der Waals surface area (Å²) in [5.41, 5.74) is 3.05. The molecular formula is C20H23N5O2. The highest BCUT2D eigenvalue weighted by molar-refractivity contribution is 6.03. The van der Waals surface area contributed by atoms with Gasteiger partial charge < -0.3 is 19.5 Å². The quantitative estimate of drug-likeness (QED) is 0.770. The number of nitrogens with one attached hydrogen (secondary N) is 1. The maximum absolute atomic E-state index is 12.5. The van der Waals surface area contributed by atoms with Gasteiger partial charge in [0.25, 0.3) is 5.91 Å². The predicted molar refractivity (Wildman–Crippen MR) is 105 cm³/mol. The molecule has 1 fully saturated rings. The first-order chi connectivity index (χ1) is 13.1. The van der Waals surface area contributed by atoms with E-state index in [1.807, 2.05) is 36.4 Å². The number of piperazine rings is 1. The number of anilines is 2. The lowest BCUT2D eigenvalue weighted by Gasteiger charge is -2.34. The molecule has 0 bridgehead atoms. The SMILES string of the molecule is CN1CCN(c2ccc(NC(=O)c3cc(-c4ccco4)n(C)n3)cc2)CC1. The molecule has 3 aromatic rings. The Bertz CT molecular complexity index is 907. The van der Waals surface area contributed by atoms with Crippen molar-refractivity contribution in [2.75, 3.05) is 43.4 Å². The number of rotatable bonds is 4. The van der Waals surface area contributed by atoms with Crippen LogP contribution < -0.4 is 10.2 Å². The fraction of sp³-hybridized carbons (Fsp3) is 0.300. The zero-order valence-electron chi connectivity index (χ0n) is 15.6. The summed E-state index contributed by atoms with van der Waals surface area (Å²) >= 11 is 0. The third-order valence-corrected chi connectivity index (χ3v) is 4.88. The minimum absolute atomic E-state index is 0.240. The molecule has 0 unspecified atom stereocenters. The molecule has 0 spiro atoms. The van der Waals surface area contributed by atoms with E-state index in [2.05, 4.69) is 27.3 Å². The van der Waals surface area contributed by atoms with Gasteiger partial charge in [0.05, 0.1) is 6.26 Å². The maximum Gasteiger partial charge on any atom is 0.276 e. The van der Waals surface area contributed by atoms with Crippen molar-refractivity contribution in [2.45, 2.75) is 0 Å². The second-order valence-corrected chi connectivity index (χ2v) is 6.81. The summed E-state index contributed by atoms with van der Waals surface area (Å²) in [6, 6.07) is 13.3. The standard InChI is InChI=1S/C20H23N5O2/c1-23-9-11-25(12-10-23)16-7-5-15(6-8-16)21-20(26)17-14-18(24(2)22-17)19-4-3-13-27-19/h3-8,13-14H,9-12H2,1-2H3,(H,21,26). The molecule has 7 nitrogen and oxygen atoms in total. The lowest BCUT2D eigenvalue weighted by atomic mass is 10.2. The summed E-state index contributed by atoms with van der Waals surface area (Å²) in [7, 11) is 3.93. The first kappa shape index (κ1) is 17.4. The highest BCUT2D eigenvalue weighted by Gasteiger charge is 2.17. The van der Waals surface area contributed by atoms with Gasteiger partial charge in [0.15, 0.2) is 11.5 Å². The molecule has 1 aliphatic heterocycles. The zero-order valence-corrected chi connectivity index (χ0v) is 15.6. The summed E-state index contributed by atoms with van der Waals surface area (Å²) in [6.07, 6.45) is 1.60. The Labute approximate surface area is 158 Å². The van der Waals surface area contributed by atoms with E-state index in [1.165, 1.54) is 5.69 Å². The summed E-state index contributed by atoms with van der Waals surface area (Å²) < 4.78 is 7.03. The fourth-order valence-corrected chi connectivity index (χ4v) is 3.25. The van der Waals surface area contributed by atoms with Gasteiger partial charge in [-0.15, -0.1) is 0 Å². The van der Waals surface area contributed by atoms with Crippen LogP contribution in [0.3, 0.4) is 0 Å². The molecule has 7 heteroatoms. The van der Waals surface area contributed by atoms with E-state index in [-0.39, 0.29) is 5.91 Å². The largest absolute Gasteiger partial charge is 0.463 e. The third kappa shape index (κ3) is 3.73. The molecule has 1 N–H and O–H groups in total. The zero-order chi connectivity index (χ0) is 18.8. The van der Waals surface area contributed by atoms with E-state index in [0.29, 0.717) is 11.5 Å². The number of likely N-dealkylation sites (N-methyl/N-ethyl adjacent to an activating group) is 1. The molecule has 0 aliphatic carbocycles. The molecule has 1 amide bonds. The number of furan rings is 1. The Morgan fingerprint density at radius 2 is 1.81 bits per heavy atom. The molecule has 2 aromatic heterocycles. The molecule has 1 aliphatic rings. The topological polar surface area (TPSA) is 66.5 Å². The van der Waals surface area contributed by atoms with Crippen LogP contribution in [0, 0.1) is 0 Å². The Morgan fingerprint density at radius 3 is 2.48 bits per heavy atom. The van der Waals surface area contributed by atoms with Crippen LogP contribution in [0.2, 0.25) is 0 Å². The highest BCUT2D eigenvalue weighted by atomic mass is 16.3. The monoisotopic (exact) mass is 365 g/mol. The van der Waals surface area contributed by atoms with Gasteiger partial charge in [0.2, 0.25) is 0 Å². The molecule has 0 atom stereocenters. The van der Waals surface area contributed by atoms with E-state index < -0.39 is 0 Å². The maximum atomic E-state index is 12.5. The van der Waals surface area contributed by atoms with Crippen LogP contribution in [-0.2, 0) is 7.05 Å². The van der Waals surface area contributed by atoms with Crippen molar-refractivity contribution in [3.8, 4) is 11.5 Å². The van der Waals surface area contributed by atoms with Crippen molar-refractivity contribution in [2.24, 2.45) is 7.05 Å². The van der Waals surface area contributed by atoms with Gasteiger partial charge >= 0.3 is 0 Å². The first-order valence-corrected chi connectivity index (χ1v) is 9.03. The van der Waals surface area contributed by atoms with Crippen LogP contribution in [0.1, 0.15) is 10.5 Å². The van der Waals surface area contributed by atoms with E-state index in [1.54, 1.807) is 24.1 Å². The van der Waals surface area contributed by atoms with Crippen molar-refractivity contribution >= 4 is 17.3 Å². The minimum Gasteiger partial charge on any atom is -0.463 e. The molecule has 0 saturated carbocycles. The van der Waals surface area contributed by atoms with Gasteiger partial charge in [0, 0.05) is 50.7 Å². The third-order valence-electron chi connectivity index (χ3n) is 4.88. The van der Waals surface area contributed by atoms with Crippen molar-refractivity contribution in [1.29, 1.82) is 0 Å². The van der Waals surface area contributed by atoms with Crippen LogP contribution >= 0.6 is 0 Å². The average molecular weight is 365 g/mol. The van der Waals surface area contributed by atoms with Gasteiger partial charge in [-0.3, -0.25) is 9.48 Å². The highest BCUT2D eigenvalue weighted by Crippen LogP contribution is 2.22. The number of benzene rings is 1. The number of hydrogen-bond acceptors (Lipinski definition) is 5. The lowest BCUT2D eigenvalue weighted by molar-refractivity contribution is 0.102. The second kappa shape index (κ2) is 7.28. The number of carbonyl (C=O) groups is 1. The van der Waals surface area contributed by atoms with Crippen LogP contribution in [0.5, 0.6) is 0 Å². The number of carbonyl (C=O) groups excluding carboxylic acids is 1. The number of nitrogens with zero attached hydrogens (tertiary/aromatic N) is 4. The molecular weight excluding hydrogens is 342 g/mol. The van der Waals surface area contributed by atoms with Crippen LogP contribution in [0.25, 0.3) is 11.5 Å². The number of amides is 1. The van der Waals surface area contributed by atoms with Gasteiger partial charge in [-0.1, -0.05) is 0 Å². The smallest absolute Gasteiger partial charge is 0.276 e. The molecule has 0 radical (unpaired) electrons. The van der Waals surface area contributed by atoms with Crippen molar-refractivity contribution in [3.05, 3.63) is 54.4 Å². The Kier molecular flexibility index (Phi) is 4.68. The Hall–Kier alpha value is -3.06. The summed E-state index contributed by atoms with van der Waals surface area (Å²) in [4.78, 5) is 17.2. The fourth-order valence-electron chi connectivity index (χ4n) is 3.25. The number of aryl methyl sites for hydroxylation is 1. The molecule has 140 valence electrons. The molecule has 1 saturated heterocycles. The van der Waals surface area contributed by atoms with Crippen LogP contribution in [0.4, 0.5) is 11.4 Å². The molecule has 4 rings (SSSR count). The van der Waals surface area contributed by atoms with Crippen LogP contribution in [-0.4, -0.2) is 53.8 Å². The minimum atomic E-state index is -0.240. The predicted octanol–water partition coefficient (Wildman–Crippen LogP) is 2.68. The normalized spacial score (nSPS) is 15.1. The summed E-state index contributed by atoms with van der Waals surface area (Å²) in [5.74, 6) is 0.441. The number of aromatic nitrogens is 2. The molecule has 1 aromatic carbocycles. The van der Waals surface area contributed by atoms with E-state index in [0.717, 1.165) is 37.6 Å². The van der Waals surface area contributed by atoms with E-state index >= 15 is 0 Å². The van der Waals surface area contributed by atoms with Gasteiger partial charge in [-0.05, 0) is 43.4 Å². The van der Waals surface area contributed by atoms with Gasteiger partial charge in [0.1, 0.15) is 5.69 Å². The van der Waals surface area contributed by atoms with Crippen molar-refractivity contribution < 1.29 is 9.21 Å². The van der Waals surface area contributed by atoms with Crippen molar-refractivity contribution in [1.82, 2.24) is 14.7 Å².